The molecule has 1 aromatic rings. The van der Waals surface area contributed by atoms with E-state index in [0.717, 1.165) is 32.1 Å². The number of nitrogens with one attached hydrogen (secondary N) is 1. The van der Waals surface area contributed by atoms with E-state index < -0.39 is 0 Å². The fraction of sp³-hybridized carbons (Fsp3) is 0.647. The van der Waals surface area contributed by atoms with Crippen LogP contribution in [0.2, 0.25) is 0 Å². The largest absolute Gasteiger partial charge is 0.378 e. The summed E-state index contributed by atoms with van der Waals surface area (Å²) in [6.07, 6.45) is 3.48. The van der Waals surface area contributed by atoms with Gasteiger partial charge in [-0.1, -0.05) is 29.8 Å². The minimum Gasteiger partial charge on any atom is -0.378 e. The molecular formula is C17H25NO2. The second-order valence-electron chi connectivity index (χ2n) is 6.35. The van der Waals surface area contributed by atoms with Crippen LogP contribution in [-0.4, -0.2) is 38.5 Å². The third-order valence-electron chi connectivity index (χ3n) is 4.86. The van der Waals surface area contributed by atoms with Gasteiger partial charge in [0.05, 0.1) is 6.61 Å². The second-order valence-corrected chi connectivity index (χ2v) is 6.35. The van der Waals surface area contributed by atoms with E-state index in [1.54, 1.807) is 7.11 Å². The number of hydrogen-bond donors (Lipinski definition) is 1. The smallest absolute Gasteiger partial charge is 0.106 e. The normalized spacial score (nSPS) is 33.1. The van der Waals surface area contributed by atoms with Crippen molar-refractivity contribution in [2.24, 2.45) is 0 Å². The van der Waals surface area contributed by atoms with Crippen LogP contribution in [0.5, 0.6) is 0 Å². The Morgan fingerprint density at radius 3 is 2.90 bits per heavy atom. The fourth-order valence-corrected chi connectivity index (χ4v) is 3.27. The molecule has 20 heavy (non-hydrogen) atoms. The van der Waals surface area contributed by atoms with Crippen molar-refractivity contribution in [3.05, 3.63) is 35.4 Å². The molecule has 0 amide bonds. The van der Waals surface area contributed by atoms with Gasteiger partial charge in [-0.3, -0.25) is 0 Å². The van der Waals surface area contributed by atoms with E-state index in [1.807, 2.05) is 0 Å². The Kier molecular flexibility index (Phi) is 4.11. The van der Waals surface area contributed by atoms with Gasteiger partial charge in [-0.05, 0) is 31.2 Å². The number of rotatable bonds is 5. The quantitative estimate of drug-likeness (QED) is 0.896. The minimum atomic E-state index is -0.0889. The molecule has 1 unspecified atom stereocenters. The van der Waals surface area contributed by atoms with Crippen molar-refractivity contribution < 1.29 is 9.47 Å². The van der Waals surface area contributed by atoms with E-state index in [-0.39, 0.29) is 5.60 Å². The van der Waals surface area contributed by atoms with E-state index in [2.05, 4.69) is 36.5 Å². The zero-order chi connectivity index (χ0) is 14.0. The Morgan fingerprint density at radius 1 is 1.40 bits per heavy atom. The molecular weight excluding hydrogens is 250 g/mol. The SMILES string of the molecule is COC1(CNC2CC(c3cccc(C)c3)C2)CCOC1. The first-order chi connectivity index (χ1) is 9.71. The van der Waals surface area contributed by atoms with E-state index in [9.17, 15) is 0 Å². The molecule has 0 aromatic heterocycles. The van der Waals surface area contributed by atoms with E-state index in [0.29, 0.717) is 6.04 Å². The summed E-state index contributed by atoms with van der Waals surface area (Å²) in [6.45, 7) is 4.63. The van der Waals surface area contributed by atoms with Crippen LogP contribution in [0.4, 0.5) is 0 Å². The van der Waals surface area contributed by atoms with Gasteiger partial charge in [0.2, 0.25) is 0 Å². The first kappa shape index (κ1) is 14.1. The van der Waals surface area contributed by atoms with Gasteiger partial charge < -0.3 is 14.8 Å². The van der Waals surface area contributed by atoms with Gasteiger partial charge in [-0.2, -0.15) is 0 Å². The standard InChI is InChI=1S/C17H25NO2/c1-13-4-3-5-14(8-13)15-9-16(10-15)18-11-17(19-2)6-7-20-12-17/h3-5,8,15-16,18H,6-7,9-12H2,1-2H3. The molecule has 1 aromatic carbocycles. The van der Waals surface area contributed by atoms with Crippen LogP contribution in [0.15, 0.2) is 24.3 Å². The predicted molar refractivity (Wildman–Crippen MR) is 80.1 cm³/mol. The average Bonchev–Trinajstić information content (AvgIpc) is 2.86. The zero-order valence-corrected chi connectivity index (χ0v) is 12.5. The van der Waals surface area contributed by atoms with Gasteiger partial charge in [0.1, 0.15) is 5.60 Å². The highest BCUT2D eigenvalue weighted by Gasteiger charge is 2.37. The molecule has 1 atom stereocenters. The second kappa shape index (κ2) is 5.84. The third-order valence-corrected chi connectivity index (χ3v) is 4.86. The maximum atomic E-state index is 5.66. The summed E-state index contributed by atoms with van der Waals surface area (Å²) < 4.78 is 11.1. The van der Waals surface area contributed by atoms with E-state index in [1.165, 1.54) is 24.0 Å². The molecule has 1 aliphatic carbocycles. The molecule has 1 saturated heterocycles. The van der Waals surface area contributed by atoms with E-state index in [4.69, 9.17) is 9.47 Å². The van der Waals surface area contributed by atoms with Gasteiger partial charge >= 0.3 is 0 Å². The van der Waals surface area contributed by atoms with Gasteiger partial charge in [0.15, 0.2) is 0 Å². The first-order valence-electron chi connectivity index (χ1n) is 7.64. The molecule has 110 valence electrons. The monoisotopic (exact) mass is 275 g/mol. The maximum absolute atomic E-state index is 5.66. The fourth-order valence-electron chi connectivity index (χ4n) is 3.27. The Balaban J connectivity index is 1.46. The van der Waals surface area contributed by atoms with Gasteiger partial charge in [-0.25, -0.2) is 0 Å². The summed E-state index contributed by atoms with van der Waals surface area (Å²) in [5.41, 5.74) is 2.77. The molecule has 3 nitrogen and oxygen atoms in total. The minimum absolute atomic E-state index is 0.0889. The van der Waals surface area contributed by atoms with Gasteiger partial charge in [0.25, 0.3) is 0 Å². The van der Waals surface area contributed by atoms with Crippen molar-refractivity contribution >= 4 is 0 Å². The van der Waals surface area contributed by atoms with Crippen LogP contribution in [0.3, 0.4) is 0 Å². The van der Waals surface area contributed by atoms with Crippen LogP contribution in [0, 0.1) is 6.92 Å². The summed E-state index contributed by atoms with van der Waals surface area (Å²) in [7, 11) is 1.80. The molecule has 0 bridgehead atoms. The summed E-state index contributed by atoms with van der Waals surface area (Å²) in [5.74, 6) is 0.728. The molecule has 2 aliphatic rings. The molecule has 0 radical (unpaired) electrons. The molecule has 2 fully saturated rings. The molecule has 1 aliphatic heterocycles. The lowest BCUT2D eigenvalue weighted by molar-refractivity contribution is -0.0196. The highest BCUT2D eigenvalue weighted by Crippen LogP contribution is 2.37. The number of methoxy groups -OCH3 is 1. The van der Waals surface area contributed by atoms with Gasteiger partial charge in [-0.15, -0.1) is 0 Å². The van der Waals surface area contributed by atoms with Crippen molar-refractivity contribution in [1.82, 2.24) is 5.32 Å². The van der Waals surface area contributed by atoms with Gasteiger partial charge in [0, 0.05) is 32.7 Å². The van der Waals surface area contributed by atoms with E-state index >= 15 is 0 Å². The highest BCUT2D eigenvalue weighted by atomic mass is 16.5. The molecule has 1 saturated carbocycles. The van der Waals surface area contributed by atoms with Crippen molar-refractivity contribution in [3.8, 4) is 0 Å². The van der Waals surface area contributed by atoms with Crippen LogP contribution < -0.4 is 5.32 Å². The molecule has 0 spiro atoms. The topological polar surface area (TPSA) is 30.5 Å². The zero-order valence-electron chi connectivity index (χ0n) is 12.5. The molecule has 3 heteroatoms. The number of hydrogen-bond acceptors (Lipinski definition) is 3. The lowest BCUT2D eigenvalue weighted by atomic mass is 9.75. The van der Waals surface area contributed by atoms with Crippen molar-refractivity contribution in [2.75, 3.05) is 26.9 Å². The molecule has 1 heterocycles. The van der Waals surface area contributed by atoms with Crippen LogP contribution >= 0.6 is 0 Å². The van der Waals surface area contributed by atoms with Crippen LogP contribution in [-0.2, 0) is 9.47 Å². The molecule has 1 N–H and O–H groups in total. The Hall–Kier alpha value is -0.900. The Labute approximate surface area is 121 Å². The lowest BCUT2D eigenvalue weighted by Crippen LogP contribution is -2.49. The Morgan fingerprint density at radius 2 is 2.25 bits per heavy atom. The highest BCUT2D eigenvalue weighted by molar-refractivity contribution is 5.27. The van der Waals surface area contributed by atoms with Crippen molar-refractivity contribution in [1.29, 1.82) is 0 Å². The summed E-state index contributed by atoms with van der Waals surface area (Å²) in [4.78, 5) is 0. The van der Waals surface area contributed by atoms with Crippen LogP contribution in [0.1, 0.15) is 36.3 Å². The number of aryl methyl sites for hydroxylation is 1. The number of ether oxygens (including phenoxy) is 2. The summed E-state index contributed by atoms with van der Waals surface area (Å²) in [6, 6.07) is 9.55. The average molecular weight is 275 g/mol. The third kappa shape index (κ3) is 2.90. The lowest BCUT2D eigenvalue weighted by Gasteiger charge is -2.39. The predicted octanol–water partition coefficient (Wildman–Crippen LogP) is 2.64. The first-order valence-corrected chi connectivity index (χ1v) is 7.64. The van der Waals surface area contributed by atoms with Crippen LogP contribution in [0.25, 0.3) is 0 Å². The maximum Gasteiger partial charge on any atom is 0.106 e. The van der Waals surface area contributed by atoms with Crippen molar-refractivity contribution in [3.63, 3.8) is 0 Å². The van der Waals surface area contributed by atoms with Crippen molar-refractivity contribution in [2.45, 2.75) is 43.7 Å². The summed E-state index contributed by atoms with van der Waals surface area (Å²) in [5, 5.41) is 3.66. The molecule has 3 rings (SSSR count). The number of benzene rings is 1. The summed E-state index contributed by atoms with van der Waals surface area (Å²) >= 11 is 0. The Bertz CT molecular complexity index is 448.